The third-order valence-corrected chi connectivity index (χ3v) is 6.75. The normalized spacial score (nSPS) is 39.0. The molecule has 1 atom stereocenters. The average Bonchev–Trinajstić information content (AvgIpc) is 2.85. The Morgan fingerprint density at radius 3 is 2.00 bits per heavy atom. The highest BCUT2D eigenvalue weighted by molar-refractivity contribution is 6.03. The molecule has 23 heavy (non-hydrogen) atoms. The summed E-state index contributed by atoms with van der Waals surface area (Å²) in [6, 6.07) is 0.203. The number of imide groups is 1. The van der Waals surface area contributed by atoms with Crippen molar-refractivity contribution in [2.45, 2.75) is 90.5 Å². The fraction of sp³-hybridized carbons (Fsp3) is 0.900. The van der Waals surface area contributed by atoms with Crippen LogP contribution in [0.2, 0.25) is 0 Å². The molecule has 1 aliphatic heterocycles. The molecule has 3 heteroatoms. The number of carbonyl (C=O) groups excluding carboxylic acids is 2. The van der Waals surface area contributed by atoms with E-state index in [2.05, 4.69) is 6.92 Å². The lowest BCUT2D eigenvalue weighted by Crippen LogP contribution is -2.42. The zero-order chi connectivity index (χ0) is 16.4. The molecular weight excluding hydrogens is 286 g/mol. The molecule has 0 aromatic rings. The van der Waals surface area contributed by atoms with E-state index in [0.717, 1.165) is 37.0 Å². The van der Waals surface area contributed by atoms with E-state index < -0.39 is 0 Å². The monoisotopic (exact) mass is 319 g/mol. The predicted octanol–water partition coefficient (Wildman–Crippen LogP) is 4.55. The lowest BCUT2D eigenvalue weighted by atomic mass is 9.74. The minimum Gasteiger partial charge on any atom is -0.279 e. The zero-order valence-corrected chi connectivity index (χ0v) is 14.9. The minimum absolute atomic E-state index is 0.0375. The maximum absolute atomic E-state index is 12.4. The Morgan fingerprint density at radius 2 is 1.48 bits per heavy atom. The average molecular weight is 319 g/mol. The Labute approximate surface area is 141 Å². The molecular formula is C20H33NO2. The van der Waals surface area contributed by atoms with E-state index in [1.807, 2.05) is 6.92 Å². The van der Waals surface area contributed by atoms with E-state index in [4.69, 9.17) is 0 Å². The van der Waals surface area contributed by atoms with Gasteiger partial charge in [0.15, 0.2) is 0 Å². The van der Waals surface area contributed by atoms with Crippen LogP contribution < -0.4 is 0 Å². The smallest absolute Gasteiger partial charge is 0.233 e. The number of amides is 2. The predicted molar refractivity (Wildman–Crippen MR) is 91.7 cm³/mol. The lowest BCUT2D eigenvalue weighted by Gasteiger charge is -2.36. The van der Waals surface area contributed by atoms with Crippen LogP contribution in [-0.2, 0) is 9.59 Å². The van der Waals surface area contributed by atoms with E-state index in [1.165, 1.54) is 44.9 Å². The number of hydrogen-bond acceptors (Lipinski definition) is 2. The standard InChI is InChI=1S/C20H33NO2/c1-3-17-13-19(22)21(20(17)23)18-10-8-16(9-11-18)12-15-6-4-14(2)5-7-15/h14-18H,3-13H2,1-2H3. The number of rotatable bonds is 4. The van der Waals surface area contributed by atoms with Gasteiger partial charge in [-0.05, 0) is 56.3 Å². The third kappa shape index (κ3) is 3.80. The van der Waals surface area contributed by atoms with Crippen molar-refractivity contribution in [3.05, 3.63) is 0 Å². The van der Waals surface area contributed by atoms with E-state index in [1.54, 1.807) is 4.90 Å². The fourth-order valence-corrected chi connectivity index (χ4v) is 5.09. The van der Waals surface area contributed by atoms with Crippen molar-refractivity contribution in [2.75, 3.05) is 0 Å². The summed E-state index contributed by atoms with van der Waals surface area (Å²) in [6.45, 7) is 4.40. The van der Waals surface area contributed by atoms with Gasteiger partial charge in [-0.15, -0.1) is 0 Å². The van der Waals surface area contributed by atoms with E-state index >= 15 is 0 Å². The summed E-state index contributed by atoms with van der Waals surface area (Å²) in [5.41, 5.74) is 0. The van der Waals surface area contributed by atoms with Crippen LogP contribution in [0.4, 0.5) is 0 Å². The number of nitrogens with zero attached hydrogens (tertiary/aromatic N) is 1. The van der Waals surface area contributed by atoms with Gasteiger partial charge in [-0.25, -0.2) is 0 Å². The summed E-state index contributed by atoms with van der Waals surface area (Å²) in [5.74, 6) is 2.87. The minimum atomic E-state index is -0.0375. The summed E-state index contributed by atoms with van der Waals surface area (Å²) < 4.78 is 0. The number of hydrogen-bond donors (Lipinski definition) is 0. The molecule has 130 valence electrons. The number of carbonyl (C=O) groups is 2. The van der Waals surface area contributed by atoms with Gasteiger partial charge in [0.2, 0.25) is 11.8 Å². The Hall–Kier alpha value is -0.860. The molecule has 3 nitrogen and oxygen atoms in total. The van der Waals surface area contributed by atoms with Crippen molar-refractivity contribution >= 4 is 11.8 Å². The summed E-state index contributed by atoms with van der Waals surface area (Å²) in [6.07, 6.45) is 12.8. The van der Waals surface area contributed by atoms with E-state index in [-0.39, 0.29) is 23.8 Å². The molecule has 0 radical (unpaired) electrons. The van der Waals surface area contributed by atoms with Crippen molar-refractivity contribution < 1.29 is 9.59 Å². The fourth-order valence-electron chi connectivity index (χ4n) is 5.09. The highest BCUT2D eigenvalue weighted by Crippen LogP contribution is 2.39. The first kappa shape index (κ1) is 17.0. The first-order chi connectivity index (χ1) is 11.1. The van der Waals surface area contributed by atoms with Crippen molar-refractivity contribution in [2.24, 2.45) is 23.7 Å². The highest BCUT2D eigenvalue weighted by Gasteiger charge is 2.42. The molecule has 1 unspecified atom stereocenters. The SMILES string of the molecule is CCC1CC(=O)N(C2CCC(CC3CCC(C)CC3)CC2)C1=O. The van der Waals surface area contributed by atoms with Gasteiger partial charge in [-0.1, -0.05) is 39.5 Å². The highest BCUT2D eigenvalue weighted by atomic mass is 16.2. The topological polar surface area (TPSA) is 37.4 Å². The van der Waals surface area contributed by atoms with Crippen molar-refractivity contribution in [3.63, 3.8) is 0 Å². The van der Waals surface area contributed by atoms with E-state index in [9.17, 15) is 9.59 Å². The Bertz CT molecular complexity index is 431. The summed E-state index contributed by atoms with van der Waals surface area (Å²) in [4.78, 5) is 26.2. The van der Waals surface area contributed by atoms with Crippen LogP contribution in [0.1, 0.15) is 84.5 Å². The van der Waals surface area contributed by atoms with Crippen molar-refractivity contribution in [1.82, 2.24) is 4.90 Å². The van der Waals surface area contributed by atoms with Gasteiger partial charge in [-0.2, -0.15) is 0 Å². The molecule has 0 aromatic carbocycles. The van der Waals surface area contributed by atoms with E-state index in [0.29, 0.717) is 6.42 Å². The molecule has 3 rings (SSSR count). The largest absolute Gasteiger partial charge is 0.279 e. The maximum atomic E-state index is 12.4. The van der Waals surface area contributed by atoms with Crippen molar-refractivity contribution in [1.29, 1.82) is 0 Å². The second kappa shape index (κ2) is 7.36. The molecule has 1 heterocycles. The molecule has 0 spiro atoms. The van der Waals surface area contributed by atoms with Gasteiger partial charge in [0.05, 0.1) is 0 Å². The van der Waals surface area contributed by atoms with Gasteiger partial charge in [0.1, 0.15) is 0 Å². The Balaban J connectivity index is 1.47. The second-order valence-electron chi connectivity index (χ2n) is 8.45. The summed E-state index contributed by atoms with van der Waals surface area (Å²) >= 11 is 0. The summed E-state index contributed by atoms with van der Waals surface area (Å²) in [7, 11) is 0. The maximum Gasteiger partial charge on any atom is 0.233 e. The van der Waals surface area contributed by atoms with Gasteiger partial charge >= 0.3 is 0 Å². The van der Waals surface area contributed by atoms with Crippen LogP contribution in [0.25, 0.3) is 0 Å². The first-order valence-corrected chi connectivity index (χ1v) is 9.94. The lowest BCUT2D eigenvalue weighted by molar-refractivity contribution is -0.143. The van der Waals surface area contributed by atoms with Gasteiger partial charge in [0.25, 0.3) is 0 Å². The van der Waals surface area contributed by atoms with Crippen LogP contribution in [0.5, 0.6) is 0 Å². The van der Waals surface area contributed by atoms with Crippen LogP contribution >= 0.6 is 0 Å². The molecule has 3 aliphatic rings. The second-order valence-corrected chi connectivity index (χ2v) is 8.45. The van der Waals surface area contributed by atoms with Crippen LogP contribution in [0, 0.1) is 23.7 Å². The first-order valence-electron chi connectivity index (χ1n) is 9.94. The quantitative estimate of drug-likeness (QED) is 0.713. The molecule has 1 saturated heterocycles. The third-order valence-electron chi connectivity index (χ3n) is 6.75. The molecule has 2 aliphatic carbocycles. The zero-order valence-electron chi connectivity index (χ0n) is 14.9. The van der Waals surface area contributed by atoms with Gasteiger partial charge in [0, 0.05) is 18.4 Å². The van der Waals surface area contributed by atoms with Crippen LogP contribution in [-0.4, -0.2) is 22.8 Å². The Morgan fingerprint density at radius 1 is 0.913 bits per heavy atom. The molecule has 0 N–H and O–H groups in total. The molecule has 0 aromatic heterocycles. The van der Waals surface area contributed by atoms with Crippen LogP contribution in [0.15, 0.2) is 0 Å². The van der Waals surface area contributed by atoms with Gasteiger partial charge in [-0.3, -0.25) is 14.5 Å². The molecule has 0 bridgehead atoms. The summed E-state index contributed by atoms with van der Waals surface area (Å²) in [5, 5.41) is 0. The molecule has 3 fully saturated rings. The van der Waals surface area contributed by atoms with Gasteiger partial charge < -0.3 is 0 Å². The number of likely N-dealkylation sites (tertiary alicyclic amines) is 1. The molecule has 2 amide bonds. The van der Waals surface area contributed by atoms with Crippen molar-refractivity contribution in [3.8, 4) is 0 Å². The van der Waals surface area contributed by atoms with Crippen LogP contribution in [0.3, 0.4) is 0 Å². The molecule has 2 saturated carbocycles. The Kier molecular flexibility index (Phi) is 5.43.